The Kier molecular flexibility index (Phi) is 3.74. The molecule has 0 fully saturated rings. The number of hydrogen-bond donors (Lipinski definition) is 1. The smallest absolute Gasteiger partial charge is 0.442 e. The lowest BCUT2D eigenvalue weighted by Crippen LogP contribution is -2.32. The van der Waals surface area contributed by atoms with Crippen LogP contribution in [0, 0.1) is 0 Å². The molecule has 0 aliphatic carbocycles. The van der Waals surface area contributed by atoms with Gasteiger partial charge in [-0.3, -0.25) is 0 Å². The second-order valence-corrected chi connectivity index (χ2v) is 7.94. The first-order chi connectivity index (χ1) is 12.1. The number of para-hydroxylation sites is 1. The Morgan fingerprint density at radius 2 is 1.60 bits per heavy atom. The Morgan fingerprint density at radius 3 is 2.24 bits per heavy atom. The third kappa shape index (κ3) is 2.18. The van der Waals surface area contributed by atoms with Crippen LogP contribution < -0.4 is 9.30 Å². The van der Waals surface area contributed by atoms with Gasteiger partial charge in [-0.15, -0.1) is 0 Å². The van der Waals surface area contributed by atoms with Crippen LogP contribution in [0.1, 0.15) is 13.8 Å². The molecule has 0 radical (unpaired) electrons. The van der Waals surface area contributed by atoms with Crippen LogP contribution in [-0.4, -0.2) is 27.5 Å². The molecule has 3 aromatic rings. The second kappa shape index (κ2) is 5.83. The summed E-state index contributed by atoms with van der Waals surface area (Å²) in [5, 5.41) is 12.2. The van der Waals surface area contributed by atoms with E-state index in [2.05, 4.69) is 0 Å². The van der Waals surface area contributed by atoms with Crippen LogP contribution in [-0.2, 0) is 4.57 Å². The van der Waals surface area contributed by atoms with Crippen molar-refractivity contribution in [2.45, 2.75) is 13.8 Å². The van der Waals surface area contributed by atoms with E-state index in [9.17, 15) is 9.67 Å². The lowest BCUT2D eigenvalue weighted by molar-refractivity contribution is 0.380. The molecular weight excluding hydrogens is 337 g/mol. The van der Waals surface area contributed by atoms with E-state index in [1.54, 1.807) is 9.45 Å². The van der Waals surface area contributed by atoms with E-state index >= 15 is 0 Å². The number of anilines is 1. The predicted octanol–water partition coefficient (Wildman–Crippen LogP) is 4.46. The van der Waals surface area contributed by atoms with Gasteiger partial charge in [-0.05, 0) is 24.3 Å². The first-order valence-electron chi connectivity index (χ1n) is 8.35. The molecule has 1 N–H and O–H groups in total. The number of aromatic nitrogens is 1. The molecule has 4 rings (SSSR count). The summed E-state index contributed by atoms with van der Waals surface area (Å²) in [5.74, 6) is 0.437. The standard InChI is InChI=1S/C18H20N3O3P/c1-3-19(4-2)25(23)21(14-10-6-5-7-11-14)20-17(22)15-12-8-9-13-16(15)18(20)24-25/h5-13,22H,3-4H2,1-2H3. The van der Waals surface area contributed by atoms with Gasteiger partial charge in [0.1, 0.15) is 0 Å². The average Bonchev–Trinajstić information content (AvgIpc) is 3.09. The zero-order chi connectivity index (χ0) is 17.6. The summed E-state index contributed by atoms with van der Waals surface area (Å²) in [6.07, 6.45) is 0. The second-order valence-electron chi connectivity index (χ2n) is 5.83. The van der Waals surface area contributed by atoms with E-state index in [4.69, 9.17) is 4.52 Å². The van der Waals surface area contributed by atoms with Crippen LogP contribution in [0.3, 0.4) is 0 Å². The maximum absolute atomic E-state index is 13.9. The monoisotopic (exact) mass is 357 g/mol. The van der Waals surface area contributed by atoms with Crippen molar-refractivity contribution in [2.75, 3.05) is 17.9 Å². The maximum atomic E-state index is 13.9. The van der Waals surface area contributed by atoms with Crippen molar-refractivity contribution in [2.24, 2.45) is 0 Å². The van der Waals surface area contributed by atoms with Crippen molar-refractivity contribution >= 4 is 24.1 Å². The minimum absolute atomic E-state index is 0.0272. The number of benzene rings is 2. The Labute approximate surface area is 146 Å². The van der Waals surface area contributed by atoms with Crippen LogP contribution in [0.2, 0.25) is 0 Å². The van der Waals surface area contributed by atoms with Crippen molar-refractivity contribution in [1.29, 1.82) is 0 Å². The van der Waals surface area contributed by atoms with Crippen molar-refractivity contribution in [1.82, 2.24) is 9.35 Å². The zero-order valence-corrected chi connectivity index (χ0v) is 15.1. The summed E-state index contributed by atoms with van der Waals surface area (Å²) in [7, 11) is -3.41. The summed E-state index contributed by atoms with van der Waals surface area (Å²) < 4.78 is 24.9. The molecule has 2 aromatic carbocycles. The summed E-state index contributed by atoms with van der Waals surface area (Å²) in [6, 6.07) is 16.8. The number of rotatable bonds is 4. The van der Waals surface area contributed by atoms with Crippen LogP contribution >= 0.6 is 7.67 Å². The highest BCUT2D eigenvalue weighted by molar-refractivity contribution is 7.58. The van der Waals surface area contributed by atoms with Crippen LogP contribution in [0.15, 0.2) is 54.6 Å². The molecule has 1 atom stereocenters. The summed E-state index contributed by atoms with van der Waals surface area (Å²) in [6.45, 7) is 5.03. The molecule has 1 aliphatic heterocycles. The zero-order valence-electron chi connectivity index (χ0n) is 14.2. The van der Waals surface area contributed by atoms with Crippen molar-refractivity contribution in [3.05, 3.63) is 54.6 Å². The van der Waals surface area contributed by atoms with Gasteiger partial charge in [0.15, 0.2) is 0 Å². The quantitative estimate of drug-likeness (QED) is 0.699. The predicted molar refractivity (Wildman–Crippen MR) is 99.1 cm³/mol. The number of fused-ring (bicyclic) bond motifs is 3. The molecule has 0 amide bonds. The average molecular weight is 357 g/mol. The molecule has 130 valence electrons. The first-order valence-corrected chi connectivity index (χ1v) is 9.88. The third-order valence-electron chi connectivity index (χ3n) is 4.50. The topological polar surface area (TPSA) is 57.9 Å². The van der Waals surface area contributed by atoms with Gasteiger partial charge in [0.2, 0.25) is 11.8 Å². The van der Waals surface area contributed by atoms with Gasteiger partial charge in [0, 0.05) is 23.9 Å². The maximum Gasteiger partial charge on any atom is 0.442 e. The minimum atomic E-state index is -3.41. The SMILES string of the molecule is CCN(CC)P1(=O)Oc2c3ccccc3c(O)n2N1c1ccccc1. The van der Waals surface area contributed by atoms with Crippen molar-refractivity contribution in [3.63, 3.8) is 0 Å². The molecule has 1 aliphatic rings. The largest absolute Gasteiger partial charge is 0.493 e. The van der Waals surface area contributed by atoms with E-state index in [1.165, 1.54) is 4.68 Å². The molecule has 6 nitrogen and oxygen atoms in total. The molecule has 0 saturated carbocycles. The van der Waals surface area contributed by atoms with Gasteiger partial charge in [-0.1, -0.05) is 44.2 Å². The van der Waals surface area contributed by atoms with Crippen LogP contribution in [0.25, 0.3) is 10.8 Å². The van der Waals surface area contributed by atoms with Crippen molar-refractivity contribution < 1.29 is 14.2 Å². The summed E-state index contributed by atoms with van der Waals surface area (Å²) in [5.41, 5.74) is 0.701. The molecule has 0 bridgehead atoms. The van der Waals surface area contributed by atoms with E-state index in [0.29, 0.717) is 30.0 Å². The summed E-state index contributed by atoms with van der Waals surface area (Å²) in [4.78, 5) is 0. The highest BCUT2D eigenvalue weighted by atomic mass is 31.2. The molecule has 1 unspecified atom stereocenters. The van der Waals surface area contributed by atoms with Gasteiger partial charge in [-0.25, -0.2) is 9.24 Å². The molecule has 7 heteroatoms. The van der Waals surface area contributed by atoms with E-state index in [-0.39, 0.29) is 5.88 Å². The Hall–Kier alpha value is -2.43. The molecular formula is C18H20N3O3P. The van der Waals surface area contributed by atoms with Gasteiger partial charge in [0.05, 0.1) is 5.69 Å². The van der Waals surface area contributed by atoms with Gasteiger partial charge >= 0.3 is 7.67 Å². The number of hydrogen-bond acceptors (Lipinski definition) is 3. The highest BCUT2D eigenvalue weighted by Crippen LogP contribution is 2.64. The van der Waals surface area contributed by atoms with E-state index < -0.39 is 7.67 Å². The lowest BCUT2D eigenvalue weighted by atomic mass is 10.2. The van der Waals surface area contributed by atoms with E-state index in [0.717, 1.165) is 5.39 Å². The number of nitrogens with zero attached hydrogens (tertiary/aromatic N) is 3. The fourth-order valence-electron chi connectivity index (χ4n) is 3.30. The molecule has 0 spiro atoms. The normalized spacial score (nSPS) is 19.4. The van der Waals surface area contributed by atoms with Crippen LogP contribution in [0.5, 0.6) is 11.8 Å². The molecule has 1 aromatic heterocycles. The fraction of sp³-hybridized carbons (Fsp3) is 0.222. The Morgan fingerprint density at radius 1 is 1.00 bits per heavy atom. The first kappa shape index (κ1) is 16.1. The van der Waals surface area contributed by atoms with Crippen LogP contribution in [0.4, 0.5) is 5.69 Å². The molecule has 0 saturated heterocycles. The molecule has 25 heavy (non-hydrogen) atoms. The lowest BCUT2D eigenvalue weighted by Gasteiger charge is -2.32. The number of aromatic hydroxyl groups is 1. The Bertz CT molecular complexity index is 966. The van der Waals surface area contributed by atoms with Gasteiger partial charge < -0.3 is 9.63 Å². The van der Waals surface area contributed by atoms with Gasteiger partial charge in [0.25, 0.3) is 0 Å². The third-order valence-corrected chi connectivity index (χ3v) is 7.08. The van der Waals surface area contributed by atoms with Crippen molar-refractivity contribution in [3.8, 4) is 11.8 Å². The summed E-state index contributed by atoms with van der Waals surface area (Å²) >= 11 is 0. The highest BCUT2D eigenvalue weighted by Gasteiger charge is 2.49. The van der Waals surface area contributed by atoms with E-state index in [1.807, 2.05) is 68.4 Å². The van der Waals surface area contributed by atoms with Gasteiger partial charge in [-0.2, -0.15) is 9.46 Å². The molecule has 2 heterocycles. The minimum Gasteiger partial charge on any atom is -0.493 e. The fourth-order valence-corrected chi connectivity index (χ4v) is 5.66. The Balaban J connectivity index is 2.01.